The predicted octanol–water partition coefficient (Wildman–Crippen LogP) is 4.63. The first-order valence-corrected chi connectivity index (χ1v) is 19.7. The number of rotatable bonds is 12. The quantitative estimate of drug-likeness (QED) is 0.220. The van der Waals surface area contributed by atoms with Gasteiger partial charge in [0.05, 0.1) is 17.3 Å². The summed E-state index contributed by atoms with van der Waals surface area (Å²) in [6.07, 6.45) is 2.67. The van der Waals surface area contributed by atoms with Crippen LogP contribution in [-0.2, 0) is 29.1 Å². The van der Waals surface area contributed by atoms with Crippen LogP contribution < -0.4 is 15.4 Å². The molecule has 6 atom stereocenters. The van der Waals surface area contributed by atoms with Crippen LogP contribution in [0.2, 0.25) is 0 Å². The van der Waals surface area contributed by atoms with E-state index in [1.807, 2.05) is 63.2 Å². The van der Waals surface area contributed by atoms with E-state index in [0.717, 1.165) is 16.3 Å². The normalized spacial score (nSPS) is 24.9. The smallest absolute Gasteiger partial charge is 0.408 e. The lowest BCUT2D eigenvalue weighted by molar-refractivity contribution is -0.137. The number of hydrogen-bond donors (Lipinski definition) is 3. The van der Waals surface area contributed by atoms with E-state index in [1.54, 1.807) is 26.8 Å². The van der Waals surface area contributed by atoms with E-state index in [-0.39, 0.29) is 31.0 Å². The molecule has 0 bridgehead atoms. The maximum atomic E-state index is 14.6. The van der Waals surface area contributed by atoms with E-state index >= 15 is 0 Å². The van der Waals surface area contributed by atoms with Crippen molar-refractivity contribution in [3.05, 3.63) is 55.1 Å². The maximum Gasteiger partial charge on any atom is 0.408 e. The minimum atomic E-state index is -3.89. The second kappa shape index (κ2) is 14.0. The third-order valence-corrected chi connectivity index (χ3v) is 12.1. The lowest BCUT2D eigenvalue weighted by Gasteiger charge is -2.34. The van der Waals surface area contributed by atoms with Gasteiger partial charge < -0.3 is 15.4 Å². The molecule has 14 nitrogen and oxygen atoms in total. The highest BCUT2D eigenvalue weighted by atomic mass is 32.2. The summed E-state index contributed by atoms with van der Waals surface area (Å²) in [5, 5.41) is 20.4. The molecule has 2 unspecified atom stereocenters. The number of tetrazole rings is 1. The van der Waals surface area contributed by atoms with Crippen molar-refractivity contribution in [3.8, 4) is 11.4 Å². The number of ketones is 1. The van der Waals surface area contributed by atoms with Gasteiger partial charge in [-0.05, 0) is 92.7 Å². The number of nitrogens with one attached hydrogen (secondary N) is 3. The monoisotopic (exact) mass is 747 g/mol. The summed E-state index contributed by atoms with van der Waals surface area (Å²) < 4.78 is 33.2. The molecule has 1 heterocycles. The van der Waals surface area contributed by atoms with Crippen molar-refractivity contribution in [2.24, 2.45) is 23.2 Å². The number of alkyl carbamates (subject to hydrolysis) is 1. The summed E-state index contributed by atoms with van der Waals surface area (Å²) >= 11 is 0. The third-order valence-electron chi connectivity index (χ3n) is 10.3. The van der Waals surface area contributed by atoms with Gasteiger partial charge in [0.1, 0.15) is 11.1 Å². The van der Waals surface area contributed by atoms with Crippen molar-refractivity contribution in [3.63, 3.8) is 0 Å². The molecule has 3 aromatic rings. The molecule has 284 valence electrons. The Labute approximate surface area is 309 Å². The van der Waals surface area contributed by atoms with Gasteiger partial charge in [-0.1, -0.05) is 63.2 Å². The summed E-state index contributed by atoms with van der Waals surface area (Å²) in [7, 11) is -3.89. The van der Waals surface area contributed by atoms with Gasteiger partial charge in [0.2, 0.25) is 21.8 Å². The van der Waals surface area contributed by atoms with E-state index in [0.29, 0.717) is 25.1 Å². The molecule has 3 aliphatic rings. The number of allylic oxidation sites excluding steroid dienone is 1. The van der Waals surface area contributed by atoms with E-state index in [1.165, 1.54) is 4.80 Å². The van der Waals surface area contributed by atoms with Gasteiger partial charge in [-0.2, -0.15) is 4.80 Å². The molecule has 3 amide bonds. The highest BCUT2D eigenvalue weighted by Crippen LogP contribution is 2.49. The van der Waals surface area contributed by atoms with Crippen molar-refractivity contribution in [1.29, 1.82) is 0 Å². The Hall–Kier alpha value is -4.66. The summed E-state index contributed by atoms with van der Waals surface area (Å²) in [5.74, 6) is -3.64. The van der Waals surface area contributed by atoms with Crippen LogP contribution in [-0.4, -0.2) is 74.7 Å². The van der Waals surface area contributed by atoms with Gasteiger partial charge in [0, 0.05) is 17.4 Å². The Morgan fingerprint density at radius 3 is 2.34 bits per heavy atom. The Bertz CT molecular complexity index is 2050. The molecule has 3 aliphatic carbocycles. The Kier molecular flexibility index (Phi) is 10.0. The average Bonchev–Trinajstić information content (AvgIpc) is 3.94. The number of fused-ring (bicyclic) bond motifs is 1. The average molecular weight is 748 g/mol. The van der Waals surface area contributed by atoms with Crippen molar-refractivity contribution < 1.29 is 32.3 Å². The second-order valence-electron chi connectivity index (χ2n) is 16.7. The molecule has 3 fully saturated rings. The van der Waals surface area contributed by atoms with Crippen molar-refractivity contribution in [1.82, 2.24) is 35.6 Å². The molecule has 6 rings (SSSR count). The zero-order valence-electron chi connectivity index (χ0n) is 31.1. The topological polar surface area (TPSA) is 191 Å². The number of carbonyl (C=O) groups excluding carboxylic acids is 4. The Morgan fingerprint density at radius 1 is 1.02 bits per heavy atom. The molecule has 3 saturated carbocycles. The first-order chi connectivity index (χ1) is 24.8. The molecule has 0 spiro atoms. The number of sulfonamides is 1. The Morgan fingerprint density at radius 2 is 1.70 bits per heavy atom. The van der Waals surface area contributed by atoms with Gasteiger partial charge in [-0.15, -0.1) is 16.8 Å². The van der Waals surface area contributed by atoms with Crippen LogP contribution in [0.5, 0.6) is 0 Å². The highest BCUT2D eigenvalue weighted by Gasteiger charge is 2.62. The number of benzene rings is 2. The fourth-order valence-electron chi connectivity index (χ4n) is 7.28. The first-order valence-electron chi connectivity index (χ1n) is 18.1. The van der Waals surface area contributed by atoms with Crippen LogP contribution in [0, 0.1) is 23.2 Å². The van der Waals surface area contributed by atoms with Crippen LogP contribution >= 0.6 is 0 Å². The van der Waals surface area contributed by atoms with Gasteiger partial charge in [-0.25, -0.2) is 13.2 Å². The van der Waals surface area contributed by atoms with Crippen LogP contribution in [0.4, 0.5) is 4.79 Å². The molecule has 2 aromatic carbocycles. The number of ether oxygens (including phenoxy) is 1. The maximum absolute atomic E-state index is 14.6. The number of carbonyl (C=O) groups is 4. The first kappa shape index (κ1) is 38.1. The molecular formula is C38H49N7O7S. The zero-order valence-corrected chi connectivity index (χ0v) is 31.9. The number of hydrogen-bond acceptors (Lipinski definition) is 10. The molecule has 15 heteroatoms. The fraction of sp³-hybridized carbons (Fsp3) is 0.553. The van der Waals surface area contributed by atoms with E-state index < -0.39 is 73.7 Å². The number of nitrogens with zero attached hydrogens (tertiary/aromatic N) is 4. The highest BCUT2D eigenvalue weighted by molar-refractivity contribution is 7.91. The van der Waals surface area contributed by atoms with Gasteiger partial charge in [0.15, 0.2) is 5.78 Å². The lowest BCUT2D eigenvalue weighted by Crippen LogP contribution is -2.56. The van der Waals surface area contributed by atoms with E-state index in [9.17, 15) is 27.6 Å². The molecule has 53 heavy (non-hydrogen) atoms. The molecule has 0 radical (unpaired) electrons. The molecule has 1 aromatic heterocycles. The summed E-state index contributed by atoms with van der Waals surface area (Å²) in [6.45, 7) is 14.4. The van der Waals surface area contributed by atoms with Crippen LogP contribution in [0.3, 0.4) is 0 Å². The molecular weight excluding hydrogens is 699 g/mol. The van der Waals surface area contributed by atoms with Gasteiger partial charge in [0.25, 0.3) is 5.91 Å². The largest absolute Gasteiger partial charge is 0.444 e. The van der Waals surface area contributed by atoms with Gasteiger partial charge >= 0.3 is 6.09 Å². The van der Waals surface area contributed by atoms with Crippen LogP contribution in [0.1, 0.15) is 86.1 Å². The summed E-state index contributed by atoms with van der Waals surface area (Å²) in [5.41, 5.74) is -2.32. The third kappa shape index (κ3) is 8.29. The second-order valence-corrected chi connectivity index (χ2v) is 18.7. The summed E-state index contributed by atoms with van der Waals surface area (Å²) in [4.78, 5) is 57.0. The standard InChI is InChI=1S/C38H49N7O7S/c1-8-11-25-21-38(25,34(48)43-53(50,51)27-16-17-27)40-33(47)29-20-26(19-28(29)30(46)31(36(2,3)4)39-35(49)52-37(5,6)7)45-42-32(41-44-45)24-15-14-22-12-9-10-13-23(22)18-24/h8-10,12-15,18,25-29,31H,1,11,16-17,19-21H2,2-7H3,(H,39,49)(H,40,47)(H,43,48)/t25-,26+,28?,29-,31?,38+/m1/s1. The lowest BCUT2D eigenvalue weighted by atomic mass is 9.77. The SMILES string of the molecule is C=CC[C@@H]1C[C@@]1(NC(=O)[C@@H]1C[C@@H](n2nnc(-c3ccc4ccccc4c3)n2)CC1C(=O)C(NC(=O)OC(C)(C)C)C(C)(C)C)C(=O)NS(=O)(=O)C1CC1. The van der Waals surface area contributed by atoms with Crippen LogP contribution in [0.25, 0.3) is 22.2 Å². The molecule has 0 saturated heterocycles. The Balaban J connectivity index is 1.30. The fourth-order valence-corrected chi connectivity index (χ4v) is 8.64. The van der Waals surface area contributed by atoms with Crippen LogP contribution in [0.15, 0.2) is 55.1 Å². The minimum absolute atomic E-state index is 0.128. The number of aromatic nitrogens is 4. The predicted molar refractivity (Wildman–Crippen MR) is 198 cm³/mol. The van der Waals surface area contributed by atoms with E-state index in [4.69, 9.17) is 4.74 Å². The van der Waals surface area contributed by atoms with Crippen molar-refractivity contribution >= 4 is 44.5 Å². The van der Waals surface area contributed by atoms with E-state index in [2.05, 4.69) is 37.3 Å². The van der Waals surface area contributed by atoms with Crippen molar-refractivity contribution in [2.45, 2.75) is 109 Å². The summed E-state index contributed by atoms with van der Waals surface area (Å²) in [6, 6.07) is 12.2. The minimum Gasteiger partial charge on any atom is -0.444 e. The van der Waals surface area contributed by atoms with Crippen molar-refractivity contribution in [2.75, 3.05) is 0 Å². The molecule has 0 aliphatic heterocycles. The van der Waals surface area contributed by atoms with Gasteiger partial charge in [-0.3, -0.25) is 19.1 Å². The number of amides is 3. The molecule has 3 N–H and O–H groups in total. The number of Topliss-reactive ketones (excluding diaryl/α,β-unsaturated/α-hetero) is 1. The zero-order chi connectivity index (χ0) is 38.5.